The third kappa shape index (κ3) is 4.78. The zero-order valence-electron chi connectivity index (χ0n) is 18.7. The van der Waals surface area contributed by atoms with Crippen LogP contribution in [0.15, 0.2) is 126 Å². The minimum absolute atomic E-state index is 0.137. The molecule has 0 aliphatic rings. The number of anilines is 2. The van der Waals surface area contributed by atoms with Crippen molar-refractivity contribution in [3.8, 4) is 11.1 Å². The monoisotopic (exact) mass is 478 g/mol. The van der Waals surface area contributed by atoms with Crippen molar-refractivity contribution in [3.05, 3.63) is 127 Å². The van der Waals surface area contributed by atoms with Crippen LogP contribution < -0.4 is 10.0 Å². The normalized spacial score (nSPS) is 11.2. The Hall–Kier alpha value is -4.42. The summed E-state index contributed by atoms with van der Waals surface area (Å²) in [6, 6.07) is 36.3. The quantitative estimate of drug-likeness (QED) is 0.290. The Labute approximate surface area is 204 Å². The molecule has 0 saturated heterocycles. The molecule has 35 heavy (non-hydrogen) atoms. The maximum Gasteiger partial charge on any atom is 0.262 e. The Morgan fingerprint density at radius 2 is 1.14 bits per heavy atom. The molecule has 6 heteroatoms. The summed E-state index contributed by atoms with van der Waals surface area (Å²) in [4.78, 5) is 12.8. The molecule has 5 nitrogen and oxygen atoms in total. The summed E-state index contributed by atoms with van der Waals surface area (Å²) in [6.07, 6.45) is 0. The molecule has 5 aromatic carbocycles. The van der Waals surface area contributed by atoms with Crippen molar-refractivity contribution in [2.45, 2.75) is 4.90 Å². The van der Waals surface area contributed by atoms with E-state index in [1.54, 1.807) is 60.7 Å². The van der Waals surface area contributed by atoms with Crippen LogP contribution in [0, 0.1) is 0 Å². The Balaban J connectivity index is 1.44. The largest absolute Gasteiger partial charge is 0.321 e. The highest BCUT2D eigenvalue weighted by molar-refractivity contribution is 7.93. The molecule has 0 atom stereocenters. The molecule has 0 bridgehead atoms. The Kier molecular flexibility index (Phi) is 6.04. The second-order valence-electron chi connectivity index (χ2n) is 8.03. The third-order valence-electron chi connectivity index (χ3n) is 5.70. The molecular weight excluding hydrogens is 456 g/mol. The molecular formula is C29H22N2O3S. The highest BCUT2D eigenvalue weighted by atomic mass is 32.2. The predicted octanol–water partition coefficient (Wildman–Crippen LogP) is 6.56. The fourth-order valence-corrected chi connectivity index (χ4v) is 5.24. The van der Waals surface area contributed by atoms with Gasteiger partial charge in [0.25, 0.3) is 15.9 Å². The van der Waals surface area contributed by atoms with Crippen LogP contribution in [0.1, 0.15) is 10.4 Å². The topological polar surface area (TPSA) is 75.3 Å². The molecule has 1 amide bonds. The van der Waals surface area contributed by atoms with Gasteiger partial charge in [-0.3, -0.25) is 9.52 Å². The molecule has 0 aliphatic heterocycles. The molecule has 0 fully saturated rings. The van der Waals surface area contributed by atoms with Gasteiger partial charge in [-0.2, -0.15) is 0 Å². The van der Waals surface area contributed by atoms with Gasteiger partial charge in [-0.15, -0.1) is 0 Å². The lowest BCUT2D eigenvalue weighted by Gasteiger charge is -2.14. The first-order chi connectivity index (χ1) is 17.0. The number of rotatable bonds is 6. The van der Waals surface area contributed by atoms with Crippen LogP contribution in [0.4, 0.5) is 11.4 Å². The summed E-state index contributed by atoms with van der Waals surface area (Å²) in [7, 11) is -3.88. The van der Waals surface area contributed by atoms with Gasteiger partial charge in [0, 0.05) is 27.7 Å². The van der Waals surface area contributed by atoms with E-state index in [1.807, 2.05) is 54.6 Å². The van der Waals surface area contributed by atoms with Gasteiger partial charge in [0.15, 0.2) is 0 Å². The second kappa shape index (κ2) is 9.44. The molecule has 0 aliphatic carbocycles. The zero-order valence-corrected chi connectivity index (χ0v) is 19.5. The van der Waals surface area contributed by atoms with Crippen molar-refractivity contribution in [2.24, 2.45) is 0 Å². The predicted molar refractivity (Wildman–Crippen MR) is 141 cm³/mol. The van der Waals surface area contributed by atoms with Gasteiger partial charge >= 0.3 is 0 Å². The summed E-state index contributed by atoms with van der Waals surface area (Å²) in [5.41, 5.74) is 3.59. The van der Waals surface area contributed by atoms with E-state index < -0.39 is 10.0 Å². The van der Waals surface area contributed by atoms with Crippen molar-refractivity contribution in [2.75, 3.05) is 10.0 Å². The van der Waals surface area contributed by atoms with E-state index in [2.05, 4.69) is 10.0 Å². The number of amides is 1. The minimum atomic E-state index is -3.88. The maximum absolute atomic E-state index is 13.3. The molecule has 5 aromatic rings. The van der Waals surface area contributed by atoms with E-state index in [-0.39, 0.29) is 10.8 Å². The standard InChI is InChI=1S/C29H22N2O3S/c32-29(23-11-5-2-6-12-23)30-27-19-20-28(26-14-8-7-13-25(26)27)35(33,34)31-24-17-15-22(16-18-24)21-9-3-1-4-10-21/h1-20,31H,(H,30,32). The van der Waals surface area contributed by atoms with Gasteiger partial charge < -0.3 is 5.32 Å². The van der Waals surface area contributed by atoms with Gasteiger partial charge in [0.2, 0.25) is 0 Å². The van der Waals surface area contributed by atoms with Crippen LogP contribution in [-0.2, 0) is 10.0 Å². The van der Waals surface area contributed by atoms with E-state index in [1.165, 1.54) is 6.07 Å². The Morgan fingerprint density at radius 3 is 1.83 bits per heavy atom. The summed E-state index contributed by atoms with van der Waals surface area (Å²) < 4.78 is 29.3. The molecule has 0 spiro atoms. The summed E-state index contributed by atoms with van der Waals surface area (Å²) in [5, 5.41) is 4.06. The molecule has 0 heterocycles. The van der Waals surface area contributed by atoms with E-state index in [0.717, 1.165) is 11.1 Å². The van der Waals surface area contributed by atoms with Crippen LogP contribution in [0.25, 0.3) is 21.9 Å². The van der Waals surface area contributed by atoms with Crippen LogP contribution in [0.2, 0.25) is 0 Å². The fraction of sp³-hybridized carbons (Fsp3) is 0. The maximum atomic E-state index is 13.3. The minimum Gasteiger partial charge on any atom is -0.321 e. The van der Waals surface area contributed by atoms with Gasteiger partial charge in [0.1, 0.15) is 0 Å². The van der Waals surface area contributed by atoms with E-state index >= 15 is 0 Å². The van der Waals surface area contributed by atoms with Gasteiger partial charge in [-0.1, -0.05) is 84.9 Å². The summed E-state index contributed by atoms with van der Waals surface area (Å²) in [6.45, 7) is 0. The SMILES string of the molecule is O=C(Nc1ccc(S(=O)(=O)Nc2ccc(-c3ccccc3)cc2)c2ccccc12)c1ccccc1. The molecule has 5 rings (SSSR count). The van der Waals surface area contributed by atoms with Gasteiger partial charge in [-0.05, 0) is 47.5 Å². The smallest absolute Gasteiger partial charge is 0.262 e. The highest BCUT2D eigenvalue weighted by Gasteiger charge is 2.20. The van der Waals surface area contributed by atoms with Crippen LogP contribution >= 0.6 is 0 Å². The zero-order chi connectivity index (χ0) is 24.3. The number of sulfonamides is 1. The number of fused-ring (bicyclic) bond motifs is 1. The van der Waals surface area contributed by atoms with Gasteiger partial charge in [-0.25, -0.2) is 8.42 Å². The lowest BCUT2D eigenvalue weighted by atomic mass is 10.1. The molecule has 0 saturated carbocycles. The first-order valence-electron chi connectivity index (χ1n) is 11.1. The van der Waals surface area contributed by atoms with Crippen molar-refractivity contribution >= 4 is 38.1 Å². The number of carbonyl (C=O) groups is 1. The van der Waals surface area contributed by atoms with Crippen molar-refractivity contribution in [3.63, 3.8) is 0 Å². The highest BCUT2D eigenvalue weighted by Crippen LogP contribution is 2.31. The lowest BCUT2D eigenvalue weighted by molar-refractivity contribution is 0.102. The average Bonchev–Trinajstić information content (AvgIpc) is 2.90. The van der Waals surface area contributed by atoms with Crippen molar-refractivity contribution in [1.29, 1.82) is 0 Å². The Bertz CT molecular complexity index is 1600. The molecule has 0 unspecified atom stereocenters. The number of nitrogens with one attached hydrogen (secondary N) is 2. The van der Waals surface area contributed by atoms with Crippen molar-refractivity contribution < 1.29 is 13.2 Å². The third-order valence-corrected chi connectivity index (χ3v) is 7.14. The summed E-state index contributed by atoms with van der Waals surface area (Å²) in [5.74, 6) is -0.261. The molecule has 0 radical (unpaired) electrons. The Morgan fingerprint density at radius 1 is 0.571 bits per heavy atom. The first-order valence-corrected chi connectivity index (χ1v) is 12.6. The molecule has 172 valence electrons. The number of hydrogen-bond acceptors (Lipinski definition) is 3. The molecule has 2 N–H and O–H groups in total. The average molecular weight is 479 g/mol. The number of hydrogen-bond donors (Lipinski definition) is 2. The summed E-state index contributed by atoms with van der Waals surface area (Å²) >= 11 is 0. The van der Waals surface area contributed by atoms with Gasteiger partial charge in [0.05, 0.1) is 4.90 Å². The fourth-order valence-electron chi connectivity index (χ4n) is 3.97. The van der Waals surface area contributed by atoms with E-state index in [4.69, 9.17) is 0 Å². The van der Waals surface area contributed by atoms with Crippen LogP contribution in [0.5, 0.6) is 0 Å². The lowest BCUT2D eigenvalue weighted by Crippen LogP contribution is -2.15. The van der Waals surface area contributed by atoms with Crippen LogP contribution in [-0.4, -0.2) is 14.3 Å². The van der Waals surface area contributed by atoms with E-state index in [0.29, 0.717) is 27.7 Å². The van der Waals surface area contributed by atoms with E-state index in [9.17, 15) is 13.2 Å². The number of benzene rings is 5. The number of carbonyl (C=O) groups excluding carboxylic acids is 1. The van der Waals surface area contributed by atoms with Crippen molar-refractivity contribution in [1.82, 2.24) is 0 Å². The first kappa shape index (κ1) is 22.4. The molecule has 0 aromatic heterocycles. The second-order valence-corrected chi connectivity index (χ2v) is 9.68. The van der Waals surface area contributed by atoms with Crippen LogP contribution in [0.3, 0.4) is 0 Å².